The van der Waals surface area contributed by atoms with Crippen molar-refractivity contribution in [3.63, 3.8) is 0 Å². The number of fused-ring (bicyclic) bond motifs is 7. The molecule has 2 N–H and O–H groups in total. The molecule has 8 heteroatoms. The van der Waals surface area contributed by atoms with Crippen molar-refractivity contribution in [3.05, 3.63) is 12.2 Å². The van der Waals surface area contributed by atoms with Crippen LogP contribution in [0.1, 0.15) is 106 Å². The summed E-state index contributed by atoms with van der Waals surface area (Å²) in [5.41, 5.74) is 0.237. The van der Waals surface area contributed by atoms with E-state index >= 15 is 0 Å². The molecule has 0 saturated heterocycles. The van der Waals surface area contributed by atoms with Crippen LogP contribution in [0.3, 0.4) is 0 Å². The van der Waals surface area contributed by atoms with Gasteiger partial charge >= 0.3 is 17.9 Å². The minimum Gasteiger partial charge on any atom is -0.481 e. The van der Waals surface area contributed by atoms with Gasteiger partial charge in [0.15, 0.2) is 0 Å². The van der Waals surface area contributed by atoms with E-state index in [0.29, 0.717) is 25.2 Å². The minimum absolute atomic E-state index is 0.000224. The number of aliphatic hydroxyl groups is 1. The highest BCUT2D eigenvalue weighted by molar-refractivity contribution is 5.91. The van der Waals surface area contributed by atoms with E-state index in [2.05, 4.69) is 39.4 Å². The van der Waals surface area contributed by atoms with Gasteiger partial charge in [-0.2, -0.15) is 0 Å². The van der Waals surface area contributed by atoms with Crippen LogP contribution < -0.4 is 0 Å². The molecule has 5 aliphatic carbocycles. The first-order chi connectivity index (χ1) is 19.6. The highest BCUT2D eigenvalue weighted by Crippen LogP contribution is 2.77. The standard InChI is InChI=1S/C34H51NO7/c1-20(18-36)23-10-15-34(29(39)40)17-16-32(6)24(28(23)34)8-9-26-30(4)13-12-27(35-42-22(3)38)31(5,19-41-21(2)37)25(30)11-14-33(26,32)7/h23-26,28,36H,1,8-19H2,2-7H3,(H,39,40)/b35-27-/t23-,24+,25+,26+,28+,30-,31?,32+,33+,34-/m0/s1. The highest BCUT2D eigenvalue weighted by Gasteiger charge is 2.72. The summed E-state index contributed by atoms with van der Waals surface area (Å²) in [6, 6.07) is 0. The molecule has 0 aromatic rings. The van der Waals surface area contributed by atoms with Crippen LogP contribution >= 0.6 is 0 Å². The summed E-state index contributed by atoms with van der Waals surface area (Å²) in [6.07, 6.45) is 8.57. The first-order valence-electron chi connectivity index (χ1n) is 16.0. The Balaban J connectivity index is 1.53. The molecule has 0 aromatic heterocycles. The van der Waals surface area contributed by atoms with Crippen molar-refractivity contribution in [1.29, 1.82) is 0 Å². The third-order valence-corrected chi connectivity index (χ3v) is 14.0. The van der Waals surface area contributed by atoms with Crippen LogP contribution in [0.15, 0.2) is 17.3 Å². The maximum Gasteiger partial charge on any atom is 0.331 e. The van der Waals surface area contributed by atoms with Gasteiger partial charge in [0, 0.05) is 19.3 Å². The fraction of sp³-hybridized carbons (Fsp3) is 0.824. The van der Waals surface area contributed by atoms with Gasteiger partial charge in [-0.15, -0.1) is 0 Å². The molecule has 5 saturated carbocycles. The smallest absolute Gasteiger partial charge is 0.331 e. The molecule has 5 rings (SSSR count). The molecule has 5 fully saturated rings. The molecule has 0 aliphatic heterocycles. The van der Waals surface area contributed by atoms with Crippen LogP contribution in [0.2, 0.25) is 0 Å². The third-order valence-electron chi connectivity index (χ3n) is 14.0. The number of esters is 1. The Hall–Kier alpha value is -2.22. The van der Waals surface area contributed by atoms with Crippen LogP contribution in [0, 0.1) is 56.7 Å². The Kier molecular flexibility index (Phi) is 7.77. The Morgan fingerprint density at radius 1 is 0.905 bits per heavy atom. The van der Waals surface area contributed by atoms with Crippen molar-refractivity contribution < 1.29 is 34.2 Å². The first kappa shape index (κ1) is 31.2. The van der Waals surface area contributed by atoms with Crippen LogP contribution in [0.25, 0.3) is 0 Å². The van der Waals surface area contributed by atoms with Gasteiger partial charge in [-0.1, -0.05) is 39.4 Å². The SMILES string of the molecule is C=C(CO)[C@@H]1CC[C@]2(C(=O)O)CC[C@]3(C)[C@H](CC[C@@H]4[C@@]5(C)CC/C(=N/OC(C)=O)C(C)(COC(C)=O)[C@@H]5CC[C@]43C)[C@@H]12. The van der Waals surface area contributed by atoms with Crippen LogP contribution in [-0.4, -0.2) is 47.0 Å². The summed E-state index contributed by atoms with van der Waals surface area (Å²) in [5, 5.41) is 25.0. The summed E-state index contributed by atoms with van der Waals surface area (Å²) in [4.78, 5) is 41.7. The van der Waals surface area contributed by atoms with Gasteiger partial charge < -0.3 is 19.8 Å². The number of carboxylic acid groups (broad SMARTS) is 1. The molecule has 1 unspecified atom stereocenters. The Bertz CT molecular complexity index is 1200. The van der Waals surface area contributed by atoms with Crippen LogP contribution in [0.4, 0.5) is 0 Å². The normalized spacial score (nSPS) is 46.9. The monoisotopic (exact) mass is 585 g/mol. The van der Waals surface area contributed by atoms with E-state index < -0.39 is 22.8 Å². The third kappa shape index (κ3) is 4.24. The summed E-state index contributed by atoms with van der Waals surface area (Å²) >= 11 is 0. The quantitative estimate of drug-likeness (QED) is 0.166. The Morgan fingerprint density at radius 2 is 1.62 bits per heavy atom. The van der Waals surface area contributed by atoms with Crippen molar-refractivity contribution in [1.82, 2.24) is 0 Å². The summed E-state index contributed by atoms with van der Waals surface area (Å²) in [6.45, 7) is 16.6. The second kappa shape index (κ2) is 10.4. The van der Waals surface area contributed by atoms with Crippen LogP contribution in [-0.2, 0) is 24.0 Å². The molecule has 0 amide bonds. The molecule has 0 aromatic carbocycles. The van der Waals surface area contributed by atoms with Gasteiger partial charge in [-0.25, -0.2) is 4.79 Å². The zero-order valence-corrected chi connectivity index (χ0v) is 26.5. The van der Waals surface area contributed by atoms with E-state index in [-0.39, 0.29) is 59.1 Å². The molecule has 0 spiro atoms. The van der Waals surface area contributed by atoms with Crippen molar-refractivity contribution in [2.75, 3.05) is 13.2 Å². The maximum absolute atomic E-state index is 12.9. The maximum atomic E-state index is 12.9. The van der Waals surface area contributed by atoms with Gasteiger partial charge in [-0.3, -0.25) is 9.59 Å². The van der Waals surface area contributed by atoms with E-state index in [0.717, 1.165) is 56.2 Å². The fourth-order valence-electron chi connectivity index (χ4n) is 11.9. The fourth-order valence-corrected chi connectivity index (χ4v) is 11.9. The number of rotatable bonds is 6. The predicted molar refractivity (Wildman–Crippen MR) is 158 cm³/mol. The molecule has 234 valence electrons. The molecule has 10 atom stereocenters. The molecule has 8 nitrogen and oxygen atoms in total. The predicted octanol–water partition coefficient (Wildman–Crippen LogP) is 6.16. The zero-order valence-electron chi connectivity index (χ0n) is 26.5. The van der Waals surface area contributed by atoms with Gasteiger partial charge in [0.05, 0.1) is 17.7 Å². The zero-order chi connectivity index (χ0) is 30.9. The number of aliphatic carboxylic acids is 1. The molecule has 5 aliphatic rings. The van der Waals surface area contributed by atoms with E-state index in [1.54, 1.807) is 0 Å². The first-order valence-corrected chi connectivity index (χ1v) is 16.0. The number of aliphatic hydroxyl groups excluding tert-OH is 1. The number of oxime groups is 1. The van der Waals surface area contributed by atoms with E-state index in [1.807, 2.05) is 0 Å². The number of hydrogen-bond donors (Lipinski definition) is 2. The van der Waals surface area contributed by atoms with Gasteiger partial charge in [0.2, 0.25) is 0 Å². The van der Waals surface area contributed by atoms with Crippen molar-refractivity contribution in [2.24, 2.45) is 61.8 Å². The molecule has 42 heavy (non-hydrogen) atoms. The van der Waals surface area contributed by atoms with Gasteiger partial charge in [0.1, 0.15) is 6.61 Å². The van der Waals surface area contributed by atoms with Crippen LogP contribution in [0.5, 0.6) is 0 Å². The molecule has 0 radical (unpaired) electrons. The van der Waals surface area contributed by atoms with E-state index in [1.165, 1.54) is 13.8 Å². The lowest BCUT2D eigenvalue weighted by molar-refractivity contribution is -0.233. The molecule has 0 bridgehead atoms. The average molecular weight is 586 g/mol. The summed E-state index contributed by atoms with van der Waals surface area (Å²) in [5.74, 6) is -0.545. The topological polar surface area (TPSA) is 122 Å². The molecular formula is C34H51NO7. The minimum atomic E-state index is -0.729. The number of carbonyl (C=O) groups is 3. The number of hydrogen-bond acceptors (Lipinski definition) is 7. The van der Waals surface area contributed by atoms with Gasteiger partial charge in [-0.05, 0) is 116 Å². The number of carbonyl (C=O) groups excluding carboxylic acids is 2. The van der Waals surface area contributed by atoms with Crippen molar-refractivity contribution in [2.45, 2.75) is 106 Å². The number of nitrogens with zero attached hydrogens (tertiary/aromatic N) is 1. The second-order valence-corrected chi connectivity index (χ2v) is 15.4. The lowest BCUT2D eigenvalue weighted by Gasteiger charge is -2.72. The largest absolute Gasteiger partial charge is 0.481 e. The second-order valence-electron chi connectivity index (χ2n) is 15.4. The molecular weight excluding hydrogens is 534 g/mol. The number of ether oxygens (including phenoxy) is 1. The Labute approximate surface area is 250 Å². The lowest BCUT2D eigenvalue weighted by Crippen LogP contribution is -2.67. The lowest BCUT2D eigenvalue weighted by atomic mass is 9.32. The molecule has 0 heterocycles. The summed E-state index contributed by atoms with van der Waals surface area (Å²) in [7, 11) is 0. The Morgan fingerprint density at radius 3 is 2.24 bits per heavy atom. The van der Waals surface area contributed by atoms with Crippen molar-refractivity contribution >= 4 is 23.6 Å². The van der Waals surface area contributed by atoms with Crippen molar-refractivity contribution in [3.8, 4) is 0 Å². The van der Waals surface area contributed by atoms with Gasteiger partial charge in [0.25, 0.3) is 0 Å². The number of carboxylic acids is 1. The average Bonchev–Trinajstić information content (AvgIpc) is 3.32. The van der Waals surface area contributed by atoms with E-state index in [4.69, 9.17) is 9.57 Å². The van der Waals surface area contributed by atoms with E-state index in [9.17, 15) is 24.6 Å². The summed E-state index contributed by atoms with van der Waals surface area (Å²) < 4.78 is 5.66. The highest BCUT2D eigenvalue weighted by atomic mass is 16.7.